The van der Waals surface area contributed by atoms with Gasteiger partial charge in [-0.25, -0.2) is 9.59 Å². The van der Waals surface area contributed by atoms with Crippen LogP contribution in [0.5, 0.6) is 11.5 Å². The molecule has 0 aliphatic carbocycles. The molecule has 5 amide bonds. The Morgan fingerprint density at radius 2 is 1.65 bits per heavy atom. The van der Waals surface area contributed by atoms with Crippen molar-refractivity contribution in [2.24, 2.45) is 5.92 Å². The number of anilines is 3. The average Bonchev–Trinajstić information content (AvgIpc) is 3.10. The number of para-hydroxylation sites is 1. The summed E-state index contributed by atoms with van der Waals surface area (Å²) >= 11 is 0. The maximum atomic E-state index is 14.4. The van der Waals surface area contributed by atoms with E-state index in [1.807, 2.05) is 32.0 Å². The normalized spacial score (nSPS) is 19.3. The SMILES string of the molecule is COc1ccc(NC(=O)N(C)C[C@@H]2OCCCC[C@@H](C)Oc3ccc(NC(=O)Nc4ccccc4)cc3C(=O)N([C@@H](C)CO)C[C@H]2C)cc1. The van der Waals surface area contributed by atoms with Crippen LogP contribution in [0, 0.1) is 5.92 Å². The summed E-state index contributed by atoms with van der Waals surface area (Å²) in [5.74, 6) is 0.505. The van der Waals surface area contributed by atoms with Crippen molar-refractivity contribution in [3.8, 4) is 11.5 Å². The number of nitrogens with one attached hydrogen (secondary N) is 3. The van der Waals surface area contributed by atoms with Gasteiger partial charge in [-0.15, -0.1) is 0 Å². The Bertz CT molecular complexity index is 1520. The fourth-order valence-electron chi connectivity index (χ4n) is 5.52. The molecule has 12 heteroatoms. The van der Waals surface area contributed by atoms with E-state index in [0.29, 0.717) is 35.2 Å². The molecule has 1 aliphatic rings. The highest BCUT2D eigenvalue weighted by Gasteiger charge is 2.31. The molecule has 3 aromatic carbocycles. The first-order valence-corrected chi connectivity index (χ1v) is 16.7. The second-order valence-corrected chi connectivity index (χ2v) is 12.5. The van der Waals surface area contributed by atoms with Crippen LogP contribution in [0.2, 0.25) is 0 Å². The monoisotopic (exact) mass is 675 g/mol. The lowest BCUT2D eigenvalue weighted by molar-refractivity contribution is -0.0115. The van der Waals surface area contributed by atoms with Crippen molar-refractivity contribution in [2.45, 2.75) is 58.3 Å². The van der Waals surface area contributed by atoms with Gasteiger partial charge in [0.1, 0.15) is 11.5 Å². The molecule has 49 heavy (non-hydrogen) atoms. The van der Waals surface area contributed by atoms with E-state index in [9.17, 15) is 19.5 Å². The number of methoxy groups -OCH3 is 1. The van der Waals surface area contributed by atoms with E-state index >= 15 is 0 Å². The van der Waals surface area contributed by atoms with Crippen LogP contribution in [0.1, 0.15) is 50.4 Å². The van der Waals surface area contributed by atoms with Crippen molar-refractivity contribution < 1.29 is 33.7 Å². The predicted octanol–water partition coefficient (Wildman–Crippen LogP) is 6.30. The number of rotatable bonds is 8. The number of urea groups is 2. The second kappa shape index (κ2) is 18.1. The van der Waals surface area contributed by atoms with E-state index < -0.39 is 18.2 Å². The number of carbonyl (C=O) groups is 3. The summed E-state index contributed by atoms with van der Waals surface area (Å²) < 4.78 is 17.9. The smallest absolute Gasteiger partial charge is 0.323 e. The zero-order chi connectivity index (χ0) is 35.3. The minimum Gasteiger partial charge on any atom is -0.497 e. The van der Waals surface area contributed by atoms with Gasteiger partial charge in [0.05, 0.1) is 37.5 Å². The highest BCUT2D eigenvalue weighted by Crippen LogP contribution is 2.29. The lowest BCUT2D eigenvalue weighted by Crippen LogP contribution is -2.48. The number of aliphatic hydroxyl groups is 1. The first-order valence-electron chi connectivity index (χ1n) is 16.7. The van der Waals surface area contributed by atoms with Crippen LogP contribution >= 0.6 is 0 Å². The molecule has 0 saturated heterocycles. The molecule has 1 aliphatic heterocycles. The third-order valence-corrected chi connectivity index (χ3v) is 8.48. The summed E-state index contributed by atoms with van der Waals surface area (Å²) in [5, 5.41) is 18.7. The fourth-order valence-corrected chi connectivity index (χ4v) is 5.52. The van der Waals surface area contributed by atoms with Crippen molar-refractivity contribution in [3.05, 3.63) is 78.4 Å². The molecule has 0 saturated carbocycles. The molecule has 3 aromatic rings. The minimum atomic E-state index is -0.539. The molecule has 264 valence electrons. The van der Waals surface area contributed by atoms with Crippen molar-refractivity contribution in [3.63, 3.8) is 0 Å². The van der Waals surface area contributed by atoms with Crippen LogP contribution in [-0.4, -0.2) is 91.6 Å². The number of benzene rings is 3. The van der Waals surface area contributed by atoms with Gasteiger partial charge in [-0.3, -0.25) is 4.79 Å². The molecule has 0 radical (unpaired) electrons. The molecule has 12 nitrogen and oxygen atoms in total. The van der Waals surface area contributed by atoms with Gasteiger partial charge in [-0.05, 0) is 87.7 Å². The van der Waals surface area contributed by atoms with Gasteiger partial charge in [0.2, 0.25) is 0 Å². The summed E-state index contributed by atoms with van der Waals surface area (Å²) in [7, 11) is 3.29. The topological polar surface area (TPSA) is 142 Å². The van der Waals surface area contributed by atoms with E-state index in [1.54, 1.807) is 85.5 Å². The molecular weight excluding hydrogens is 626 g/mol. The Kier molecular flexibility index (Phi) is 13.7. The highest BCUT2D eigenvalue weighted by atomic mass is 16.5. The van der Waals surface area contributed by atoms with Crippen molar-refractivity contribution in [1.82, 2.24) is 9.80 Å². The number of ether oxygens (including phenoxy) is 3. The van der Waals surface area contributed by atoms with Gasteiger partial charge in [-0.2, -0.15) is 0 Å². The Morgan fingerprint density at radius 1 is 0.980 bits per heavy atom. The van der Waals surface area contributed by atoms with Crippen LogP contribution < -0.4 is 25.4 Å². The van der Waals surface area contributed by atoms with Gasteiger partial charge in [0, 0.05) is 49.7 Å². The molecule has 4 atom stereocenters. The van der Waals surface area contributed by atoms with Crippen LogP contribution in [0.4, 0.5) is 26.7 Å². The number of likely N-dealkylation sites (N-methyl/N-ethyl adjacent to an activating group) is 1. The zero-order valence-corrected chi connectivity index (χ0v) is 29.0. The van der Waals surface area contributed by atoms with Crippen molar-refractivity contribution in [2.75, 3.05) is 56.4 Å². The van der Waals surface area contributed by atoms with Gasteiger partial charge < -0.3 is 45.1 Å². The molecule has 4 N–H and O–H groups in total. The van der Waals surface area contributed by atoms with Gasteiger partial charge in [0.15, 0.2) is 0 Å². The Hall–Kier alpha value is -4.81. The molecule has 0 aromatic heterocycles. The summed E-state index contributed by atoms with van der Waals surface area (Å²) in [4.78, 5) is 43.5. The lowest BCUT2D eigenvalue weighted by Gasteiger charge is -2.35. The molecule has 1 heterocycles. The predicted molar refractivity (Wildman–Crippen MR) is 191 cm³/mol. The molecule has 0 spiro atoms. The van der Waals surface area contributed by atoms with E-state index in [4.69, 9.17) is 14.2 Å². The molecule has 4 rings (SSSR count). The van der Waals surface area contributed by atoms with Crippen LogP contribution in [0.3, 0.4) is 0 Å². The van der Waals surface area contributed by atoms with Crippen LogP contribution in [0.15, 0.2) is 72.8 Å². The first-order chi connectivity index (χ1) is 23.6. The first kappa shape index (κ1) is 37.0. The van der Waals surface area contributed by atoms with Gasteiger partial charge in [-0.1, -0.05) is 25.1 Å². The Morgan fingerprint density at radius 3 is 2.35 bits per heavy atom. The maximum absolute atomic E-state index is 14.4. The third-order valence-electron chi connectivity index (χ3n) is 8.48. The van der Waals surface area contributed by atoms with Crippen LogP contribution in [0.25, 0.3) is 0 Å². The van der Waals surface area contributed by atoms with E-state index in [2.05, 4.69) is 16.0 Å². The molecule has 0 fully saturated rings. The number of nitrogens with zero attached hydrogens (tertiary/aromatic N) is 2. The lowest BCUT2D eigenvalue weighted by atomic mass is 10.0. The fraction of sp³-hybridized carbons (Fsp3) is 0.432. The third kappa shape index (κ3) is 10.8. The second-order valence-electron chi connectivity index (χ2n) is 12.5. The summed E-state index contributed by atoms with van der Waals surface area (Å²) in [6.45, 7) is 6.43. The molecular formula is C37H49N5O7. The number of aliphatic hydroxyl groups excluding tert-OH is 1. The number of hydrogen-bond acceptors (Lipinski definition) is 7. The van der Waals surface area contributed by atoms with Crippen LogP contribution in [-0.2, 0) is 4.74 Å². The van der Waals surface area contributed by atoms with E-state index in [1.165, 1.54) is 0 Å². The van der Waals surface area contributed by atoms with E-state index in [0.717, 1.165) is 19.3 Å². The Balaban J connectivity index is 1.56. The quantitative estimate of drug-likeness (QED) is 0.220. The largest absolute Gasteiger partial charge is 0.497 e. The highest BCUT2D eigenvalue weighted by molar-refractivity contribution is 6.02. The summed E-state index contributed by atoms with van der Waals surface area (Å²) in [5.41, 5.74) is 1.94. The Labute approximate surface area is 288 Å². The average molecular weight is 676 g/mol. The number of hydrogen-bond donors (Lipinski definition) is 4. The number of carbonyl (C=O) groups excluding carboxylic acids is 3. The van der Waals surface area contributed by atoms with Gasteiger partial charge >= 0.3 is 12.1 Å². The maximum Gasteiger partial charge on any atom is 0.323 e. The summed E-state index contributed by atoms with van der Waals surface area (Å²) in [6.07, 6.45) is 1.77. The standard InChI is InChI=1S/C37H49N5O7/c1-25-22-42(26(2)24-43)35(44)32-21-30(39-36(45)38-28-12-7-6-8-13-28)16-19-33(32)49-27(3)11-9-10-20-48-34(25)23-41(4)37(46)40-29-14-17-31(47-5)18-15-29/h6-8,12-19,21,25-27,34,43H,9-11,20,22-24H2,1-5H3,(H,40,46)(H2,38,39,45)/t25-,26+,27-,34+/m1/s1. The minimum absolute atomic E-state index is 0.194. The van der Waals surface area contributed by atoms with E-state index in [-0.39, 0.29) is 49.2 Å². The molecule has 0 unspecified atom stereocenters. The molecule has 0 bridgehead atoms. The number of fused-ring (bicyclic) bond motifs is 1. The van der Waals surface area contributed by atoms with Crippen molar-refractivity contribution in [1.29, 1.82) is 0 Å². The van der Waals surface area contributed by atoms with Crippen molar-refractivity contribution >= 4 is 35.0 Å². The zero-order valence-electron chi connectivity index (χ0n) is 29.0. The number of amides is 5. The summed E-state index contributed by atoms with van der Waals surface area (Å²) in [6, 6.07) is 19.8. The van der Waals surface area contributed by atoms with Gasteiger partial charge in [0.25, 0.3) is 5.91 Å².